The zero-order valence-electron chi connectivity index (χ0n) is 10.6. The van der Waals surface area contributed by atoms with Gasteiger partial charge in [-0.2, -0.15) is 13.2 Å². The van der Waals surface area contributed by atoms with Gasteiger partial charge in [-0.3, -0.25) is 0 Å². The Morgan fingerprint density at radius 3 is 2.05 bits per heavy atom. The van der Waals surface area contributed by atoms with Crippen molar-refractivity contribution in [2.75, 3.05) is 0 Å². The Balaban J connectivity index is 3.59. The fourth-order valence-electron chi connectivity index (χ4n) is 1.44. The molecule has 108 valence electrons. The van der Waals surface area contributed by atoms with E-state index in [1.807, 2.05) is 0 Å². The Bertz CT molecular complexity index is 575. The quantitative estimate of drug-likeness (QED) is 0.853. The summed E-state index contributed by atoms with van der Waals surface area (Å²) in [6.07, 6.45) is -4.77. The third-order valence-corrected chi connectivity index (χ3v) is 4.30. The number of thioether (sulfide) groups is 1. The largest absolute Gasteiger partial charge is 0.417 e. The molecule has 0 fully saturated rings. The Morgan fingerprint density at radius 2 is 1.68 bits per heavy atom. The van der Waals surface area contributed by atoms with Crippen molar-refractivity contribution in [2.24, 2.45) is 5.14 Å². The Morgan fingerprint density at radius 1 is 1.16 bits per heavy atom. The van der Waals surface area contributed by atoms with Crippen LogP contribution in [0.5, 0.6) is 0 Å². The van der Waals surface area contributed by atoms with Crippen LogP contribution in [0.25, 0.3) is 0 Å². The SMILES string of the molecule is CC(C)(C)Sc1cccc(C(F)(F)F)c1S(N)(=O)=O. The van der Waals surface area contributed by atoms with E-state index in [0.29, 0.717) is 6.07 Å². The molecule has 1 aromatic rings. The highest BCUT2D eigenvalue weighted by molar-refractivity contribution is 8.01. The van der Waals surface area contributed by atoms with Gasteiger partial charge in [-0.1, -0.05) is 26.8 Å². The maximum Gasteiger partial charge on any atom is 0.417 e. The summed E-state index contributed by atoms with van der Waals surface area (Å²) in [4.78, 5) is -0.854. The highest BCUT2D eigenvalue weighted by atomic mass is 32.2. The topological polar surface area (TPSA) is 60.2 Å². The van der Waals surface area contributed by atoms with Crippen LogP contribution in [-0.4, -0.2) is 13.2 Å². The van der Waals surface area contributed by atoms with Gasteiger partial charge in [-0.25, -0.2) is 13.6 Å². The number of halogens is 3. The van der Waals surface area contributed by atoms with Crippen LogP contribution in [0.4, 0.5) is 13.2 Å². The highest BCUT2D eigenvalue weighted by Crippen LogP contribution is 2.41. The molecule has 0 aliphatic rings. The number of hydrogen-bond acceptors (Lipinski definition) is 3. The van der Waals surface area contributed by atoms with E-state index in [1.54, 1.807) is 20.8 Å². The van der Waals surface area contributed by atoms with Gasteiger partial charge in [0.25, 0.3) is 0 Å². The Hall–Kier alpha value is -0.730. The summed E-state index contributed by atoms with van der Waals surface area (Å²) in [6, 6.07) is 3.21. The van der Waals surface area contributed by atoms with Crippen LogP contribution >= 0.6 is 11.8 Å². The van der Waals surface area contributed by atoms with Crippen LogP contribution in [0.1, 0.15) is 26.3 Å². The summed E-state index contributed by atoms with van der Waals surface area (Å²) in [5.74, 6) is 0. The molecule has 0 radical (unpaired) electrons. The summed E-state index contributed by atoms with van der Waals surface area (Å²) in [5.41, 5.74) is -1.23. The van der Waals surface area contributed by atoms with E-state index in [0.717, 1.165) is 11.8 Å². The second kappa shape index (κ2) is 4.99. The maximum atomic E-state index is 12.9. The molecule has 0 amide bonds. The molecule has 2 N–H and O–H groups in total. The zero-order chi connectivity index (χ0) is 15.1. The molecule has 0 bridgehead atoms. The molecule has 0 unspecified atom stereocenters. The van der Waals surface area contributed by atoms with Crippen LogP contribution in [0.2, 0.25) is 0 Å². The highest BCUT2D eigenvalue weighted by Gasteiger charge is 2.38. The molecule has 1 rings (SSSR count). The van der Waals surface area contributed by atoms with E-state index in [2.05, 4.69) is 0 Å². The number of primary sulfonamides is 1. The molecule has 0 aliphatic heterocycles. The third-order valence-electron chi connectivity index (χ3n) is 1.98. The first-order valence-corrected chi connectivity index (χ1v) is 7.61. The van der Waals surface area contributed by atoms with Gasteiger partial charge < -0.3 is 0 Å². The lowest BCUT2D eigenvalue weighted by Gasteiger charge is -2.21. The molecule has 0 saturated heterocycles. The van der Waals surface area contributed by atoms with Crippen LogP contribution in [0, 0.1) is 0 Å². The van der Waals surface area contributed by atoms with Crippen molar-refractivity contribution in [3.8, 4) is 0 Å². The van der Waals surface area contributed by atoms with Gasteiger partial charge in [0, 0.05) is 9.64 Å². The second-order valence-corrected chi connectivity index (χ2v) is 8.26. The molecule has 19 heavy (non-hydrogen) atoms. The number of hydrogen-bond donors (Lipinski definition) is 1. The van der Waals surface area contributed by atoms with Crippen molar-refractivity contribution in [3.05, 3.63) is 23.8 Å². The normalized spacial score (nSPS) is 13.6. The van der Waals surface area contributed by atoms with Gasteiger partial charge in [-0.15, -0.1) is 11.8 Å². The Kier molecular flexibility index (Phi) is 4.29. The minimum Gasteiger partial charge on any atom is -0.225 e. The number of alkyl halides is 3. The van der Waals surface area contributed by atoms with Crippen molar-refractivity contribution in [3.63, 3.8) is 0 Å². The van der Waals surface area contributed by atoms with E-state index in [9.17, 15) is 21.6 Å². The first-order valence-electron chi connectivity index (χ1n) is 5.24. The number of rotatable bonds is 2. The van der Waals surface area contributed by atoms with Crippen molar-refractivity contribution in [1.82, 2.24) is 0 Å². The first-order chi connectivity index (χ1) is 8.32. The minimum absolute atomic E-state index is 0.00447. The number of benzene rings is 1. The molecular weight excluding hydrogens is 299 g/mol. The summed E-state index contributed by atoms with van der Waals surface area (Å²) >= 11 is 1.03. The molecule has 0 atom stereocenters. The van der Waals surface area contributed by atoms with Crippen LogP contribution in [0.15, 0.2) is 28.0 Å². The minimum atomic E-state index is -4.77. The first kappa shape index (κ1) is 16.3. The third kappa shape index (κ3) is 4.39. The molecular formula is C11H14F3NO2S2. The van der Waals surface area contributed by atoms with Crippen LogP contribution < -0.4 is 5.14 Å². The molecule has 8 heteroatoms. The van der Waals surface area contributed by atoms with E-state index >= 15 is 0 Å². The van der Waals surface area contributed by atoms with Crippen molar-refractivity contribution < 1.29 is 21.6 Å². The van der Waals surface area contributed by atoms with Crippen molar-refractivity contribution >= 4 is 21.8 Å². The lowest BCUT2D eigenvalue weighted by atomic mass is 10.2. The van der Waals surface area contributed by atoms with E-state index in [1.165, 1.54) is 12.1 Å². The average molecular weight is 313 g/mol. The summed E-state index contributed by atoms with van der Waals surface area (Å²) in [7, 11) is -4.46. The maximum absolute atomic E-state index is 12.9. The molecule has 1 aromatic carbocycles. The lowest BCUT2D eigenvalue weighted by Crippen LogP contribution is -2.21. The molecule has 0 aromatic heterocycles. The smallest absolute Gasteiger partial charge is 0.225 e. The van der Waals surface area contributed by atoms with Crippen molar-refractivity contribution in [1.29, 1.82) is 0 Å². The van der Waals surface area contributed by atoms with E-state index in [-0.39, 0.29) is 4.90 Å². The van der Waals surface area contributed by atoms with Gasteiger partial charge in [0.05, 0.1) is 5.56 Å². The van der Waals surface area contributed by atoms with Crippen LogP contribution in [-0.2, 0) is 16.2 Å². The average Bonchev–Trinajstić information content (AvgIpc) is 2.11. The van der Waals surface area contributed by atoms with E-state index in [4.69, 9.17) is 5.14 Å². The van der Waals surface area contributed by atoms with Crippen molar-refractivity contribution in [2.45, 2.75) is 41.5 Å². The van der Waals surface area contributed by atoms with E-state index < -0.39 is 31.4 Å². The zero-order valence-corrected chi connectivity index (χ0v) is 12.2. The summed E-state index contributed by atoms with van der Waals surface area (Å²) < 4.78 is 61.1. The van der Waals surface area contributed by atoms with Gasteiger partial charge in [-0.05, 0) is 12.1 Å². The Labute approximate surface area is 114 Å². The standard InChI is InChI=1S/C11H14F3NO2S2/c1-10(2,3)18-8-6-4-5-7(11(12,13)14)9(8)19(15,16)17/h4-6H,1-3H3,(H2,15,16,17). The predicted octanol–water partition coefficient (Wildman–Crippen LogP) is 3.24. The lowest BCUT2D eigenvalue weighted by molar-refractivity contribution is -0.140. The van der Waals surface area contributed by atoms with Gasteiger partial charge in [0.1, 0.15) is 4.90 Å². The molecule has 0 saturated carbocycles. The molecule has 0 aliphatic carbocycles. The fourth-order valence-corrected chi connectivity index (χ4v) is 3.76. The fraction of sp³-hybridized carbons (Fsp3) is 0.455. The van der Waals surface area contributed by atoms with Crippen LogP contribution in [0.3, 0.4) is 0 Å². The predicted molar refractivity (Wildman–Crippen MR) is 68.4 cm³/mol. The van der Waals surface area contributed by atoms with Gasteiger partial charge in [0.15, 0.2) is 0 Å². The summed E-state index contributed by atoms with van der Waals surface area (Å²) in [5, 5.41) is 4.93. The summed E-state index contributed by atoms with van der Waals surface area (Å²) in [6.45, 7) is 5.31. The second-order valence-electron chi connectivity index (χ2n) is 4.89. The molecule has 0 spiro atoms. The molecule has 0 heterocycles. The van der Waals surface area contributed by atoms with Gasteiger partial charge in [0.2, 0.25) is 10.0 Å². The monoisotopic (exact) mass is 313 g/mol. The molecule has 3 nitrogen and oxygen atoms in total. The number of sulfonamides is 1. The van der Waals surface area contributed by atoms with Gasteiger partial charge >= 0.3 is 6.18 Å². The number of nitrogens with two attached hydrogens (primary N) is 1.